The smallest absolute Gasteiger partial charge is 0.255 e. The Labute approximate surface area is 169 Å². The highest BCUT2D eigenvalue weighted by Crippen LogP contribution is 2.17. The van der Waals surface area contributed by atoms with E-state index in [1.54, 1.807) is 7.11 Å². The summed E-state index contributed by atoms with van der Waals surface area (Å²) in [6.45, 7) is 2.38. The Morgan fingerprint density at radius 2 is 1.96 bits per heavy atom. The van der Waals surface area contributed by atoms with E-state index < -0.39 is 0 Å². The zero-order valence-corrected chi connectivity index (χ0v) is 16.7. The molecule has 0 saturated carbocycles. The van der Waals surface area contributed by atoms with E-state index in [0.717, 1.165) is 31.5 Å². The van der Waals surface area contributed by atoms with E-state index in [-0.39, 0.29) is 24.6 Å². The van der Waals surface area contributed by atoms with E-state index in [1.807, 2.05) is 24.3 Å². The van der Waals surface area contributed by atoms with Crippen molar-refractivity contribution in [2.75, 3.05) is 31.6 Å². The molecule has 0 radical (unpaired) electrons. The predicted octanol–water partition coefficient (Wildman–Crippen LogP) is 2.00. The van der Waals surface area contributed by atoms with Gasteiger partial charge in [-0.05, 0) is 37.0 Å². The summed E-state index contributed by atoms with van der Waals surface area (Å²) in [5, 5.41) is 3.56. The molecule has 0 unspecified atom stereocenters. The normalized spacial score (nSPS) is 13.7. The Morgan fingerprint density at radius 3 is 2.64 bits per heavy atom. The fourth-order valence-electron chi connectivity index (χ4n) is 3.27. The summed E-state index contributed by atoms with van der Waals surface area (Å²) >= 11 is 5.88. The number of nitrogens with zero attached hydrogens (tertiary/aromatic N) is 3. The standard InChI is InChI=1S/C20H25ClN4O3/c1-28-14-17-12-19(27)25(20(23-17)24-10-2-3-11-24)13-18(26)22-9-8-15-4-6-16(21)7-5-15/h4-7,12H,2-3,8-11,13-14H2,1H3,(H,22,26). The van der Waals surface area contributed by atoms with Gasteiger partial charge in [0.25, 0.3) is 5.56 Å². The molecule has 8 heteroatoms. The van der Waals surface area contributed by atoms with Crippen LogP contribution in [0.25, 0.3) is 0 Å². The Bertz CT molecular complexity index is 861. The number of methoxy groups -OCH3 is 1. The maximum absolute atomic E-state index is 12.6. The van der Waals surface area contributed by atoms with E-state index in [9.17, 15) is 9.59 Å². The molecule has 0 bridgehead atoms. The Kier molecular flexibility index (Phi) is 7.06. The summed E-state index contributed by atoms with van der Waals surface area (Å²) in [4.78, 5) is 31.7. The first-order valence-electron chi connectivity index (χ1n) is 9.42. The van der Waals surface area contributed by atoms with Crippen LogP contribution in [-0.4, -0.2) is 42.2 Å². The van der Waals surface area contributed by atoms with Gasteiger partial charge in [-0.3, -0.25) is 14.2 Å². The lowest BCUT2D eigenvalue weighted by molar-refractivity contribution is -0.121. The van der Waals surface area contributed by atoms with Crippen molar-refractivity contribution in [2.45, 2.75) is 32.4 Å². The number of halogens is 1. The first-order valence-corrected chi connectivity index (χ1v) is 9.80. The summed E-state index contributed by atoms with van der Waals surface area (Å²) < 4.78 is 6.55. The van der Waals surface area contributed by atoms with E-state index >= 15 is 0 Å². The quantitative estimate of drug-likeness (QED) is 0.728. The summed E-state index contributed by atoms with van der Waals surface area (Å²) in [6.07, 6.45) is 2.80. The van der Waals surface area contributed by atoms with Crippen LogP contribution in [-0.2, 0) is 29.1 Å². The first-order chi connectivity index (χ1) is 13.6. The molecule has 1 aliphatic rings. The van der Waals surface area contributed by atoms with Crippen molar-refractivity contribution in [1.29, 1.82) is 0 Å². The fourth-order valence-corrected chi connectivity index (χ4v) is 3.39. The third kappa shape index (κ3) is 5.33. The molecule has 2 aromatic rings. The highest BCUT2D eigenvalue weighted by Gasteiger charge is 2.20. The number of nitrogens with one attached hydrogen (secondary N) is 1. The lowest BCUT2D eigenvalue weighted by atomic mass is 10.1. The number of anilines is 1. The van der Waals surface area contributed by atoms with E-state index in [0.29, 0.717) is 29.6 Å². The van der Waals surface area contributed by atoms with Crippen LogP contribution in [0.2, 0.25) is 5.02 Å². The second-order valence-corrected chi connectivity index (χ2v) is 7.26. The lowest BCUT2D eigenvalue weighted by Crippen LogP contribution is -2.37. The molecule has 1 N–H and O–H groups in total. The molecular weight excluding hydrogens is 380 g/mol. The number of ether oxygens (including phenoxy) is 1. The van der Waals surface area contributed by atoms with Crippen molar-refractivity contribution in [3.05, 3.63) is 57.0 Å². The fraction of sp³-hybridized carbons (Fsp3) is 0.450. The number of rotatable bonds is 8. The van der Waals surface area contributed by atoms with Crippen LogP contribution in [0.5, 0.6) is 0 Å². The molecule has 1 amide bonds. The molecule has 7 nitrogen and oxygen atoms in total. The number of carbonyl (C=O) groups is 1. The summed E-state index contributed by atoms with van der Waals surface area (Å²) in [6, 6.07) is 8.96. The highest BCUT2D eigenvalue weighted by atomic mass is 35.5. The van der Waals surface area contributed by atoms with Crippen LogP contribution in [0.15, 0.2) is 35.1 Å². The van der Waals surface area contributed by atoms with E-state index in [2.05, 4.69) is 15.2 Å². The Morgan fingerprint density at radius 1 is 1.25 bits per heavy atom. The molecule has 1 aliphatic heterocycles. The molecule has 1 aromatic carbocycles. The third-order valence-corrected chi connectivity index (χ3v) is 4.93. The van der Waals surface area contributed by atoms with Gasteiger partial charge in [0, 0.05) is 37.8 Å². The van der Waals surface area contributed by atoms with Crippen molar-refractivity contribution in [3.8, 4) is 0 Å². The van der Waals surface area contributed by atoms with Crippen LogP contribution in [0, 0.1) is 0 Å². The number of benzene rings is 1. The SMILES string of the molecule is COCc1cc(=O)n(CC(=O)NCCc2ccc(Cl)cc2)c(N2CCCC2)n1. The van der Waals surface area contributed by atoms with Gasteiger partial charge < -0.3 is 15.0 Å². The summed E-state index contributed by atoms with van der Waals surface area (Å²) in [5.74, 6) is 0.336. The minimum absolute atomic E-state index is 0.0501. The zero-order valence-electron chi connectivity index (χ0n) is 16.0. The number of amides is 1. The predicted molar refractivity (Wildman–Crippen MR) is 109 cm³/mol. The Balaban J connectivity index is 1.66. The maximum atomic E-state index is 12.6. The third-order valence-electron chi connectivity index (χ3n) is 4.67. The minimum atomic E-state index is -0.239. The van der Waals surface area contributed by atoms with Crippen LogP contribution >= 0.6 is 11.6 Å². The average Bonchev–Trinajstić information content (AvgIpc) is 3.20. The molecular formula is C20H25ClN4O3. The molecule has 0 spiro atoms. The van der Waals surface area contributed by atoms with Crippen molar-refractivity contribution < 1.29 is 9.53 Å². The molecule has 1 aromatic heterocycles. The van der Waals surface area contributed by atoms with Gasteiger partial charge in [0.05, 0.1) is 12.3 Å². The first kappa shape index (κ1) is 20.4. The van der Waals surface area contributed by atoms with Gasteiger partial charge >= 0.3 is 0 Å². The van der Waals surface area contributed by atoms with Crippen molar-refractivity contribution in [2.24, 2.45) is 0 Å². The maximum Gasteiger partial charge on any atom is 0.255 e. The highest BCUT2D eigenvalue weighted by molar-refractivity contribution is 6.30. The monoisotopic (exact) mass is 404 g/mol. The molecule has 150 valence electrons. The molecule has 1 saturated heterocycles. The minimum Gasteiger partial charge on any atom is -0.378 e. The summed E-state index contributed by atoms with van der Waals surface area (Å²) in [5.41, 5.74) is 1.43. The number of aromatic nitrogens is 2. The van der Waals surface area contributed by atoms with Crippen LogP contribution in [0.3, 0.4) is 0 Å². The van der Waals surface area contributed by atoms with Gasteiger partial charge in [0.2, 0.25) is 11.9 Å². The average molecular weight is 405 g/mol. The van der Waals surface area contributed by atoms with Crippen molar-refractivity contribution >= 4 is 23.5 Å². The molecule has 3 rings (SSSR count). The van der Waals surface area contributed by atoms with Gasteiger partial charge in [0.15, 0.2) is 0 Å². The van der Waals surface area contributed by atoms with E-state index in [1.165, 1.54) is 10.6 Å². The van der Waals surface area contributed by atoms with Gasteiger partial charge in [-0.15, -0.1) is 0 Å². The second-order valence-electron chi connectivity index (χ2n) is 6.83. The van der Waals surface area contributed by atoms with Gasteiger partial charge in [-0.1, -0.05) is 23.7 Å². The molecule has 2 heterocycles. The van der Waals surface area contributed by atoms with E-state index in [4.69, 9.17) is 16.3 Å². The topological polar surface area (TPSA) is 76.5 Å². The molecule has 1 fully saturated rings. The molecule has 28 heavy (non-hydrogen) atoms. The summed E-state index contributed by atoms with van der Waals surface area (Å²) in [7, 11) is 1.57. The molecule has 0 aliphatic carbocycles. The second kappa shape index (κ2) is 9.71. The molecule has 0 atom stereocenters. The van der Waals surface area contributed by atoms with Crippen LogP contribution in [0.1, 0.15) is 24.1 Å². The van der Waals surface area contributed by atoms with Crippen molar-refractivity contribution in [1.82, 2.24) is 14.9 Å². The Hall–Kier alpha value is -2.38. The van der Waals surface area contributed by atoms with Gasteiger partial charge in [-0.2, -0.15) is 0 Å². The number of carbonyl (C=O) groups excluding carboxylic acids is 1. The number of hydrogen-bond acceptors (Lipinski definition) is 5. The number of hydrogen-bond donors (Lipinski definition) is 1. The van der Waals surface area contributed by atoms with Crippen LogP contribution in [0.4, 0.5) is 5.95 Å². The van der Waals surface area contributed by atoms with Crippen molar-refractivity contribution in [3.63, 3.8) is 0 Å². The lowest BCUT2D eigenvalue weighted by Gasteiger charge is -2.21. The van der Waals surface area contributed by atoms with Gasteiger partial charge in [0.1, 0.15) is 6.54 Å². The zero-order chi connectivity index (χ0) is 19.9. The van der Waals surface area contributed by atoms with Crippen LogP contribution < -0.4 is 15.8 Å². The largest absolute Gasteiger partial charge is 0.378 e. The van der Waals surface area contributed by atoms with Gasteiger partial charge in [-0.25, -0.2) is 4.98 Å².